The largest absolute Gasteiger partial charge is 0.472 e. The van der Waals surface area contributed by atoms with Crippen LogP contribution in [-0.2, 0) is 28.6 Å². The van der Waals surface area contributed by atoms with Crippen molar-refractivity contribution in [3.05, 3.63) is 24.2 Å². The first-order chi connectivity index (χ1) is 17.1. The third-order valence-corrected chi connectivity index (χ3v) is 13.3. The van der Waals surface area contributed by atoms with E-state index in [1.54, 1.807) is 12.5 Å². The lowest BCUT2D eigenvalue weighted by atomic mass is 9.26. The molecule has 7 heteroatoms. The summed E-state index contributed by atoms with van der Waals surface area (Å²) in [6, 6.07) is 1.85. The highest BCUT2D eigenvalue weighted by Gasteiger charge is 2.91. The fourth-order valence-electron chi connectivity index (χ4n) is 10.3. The Kier molecular flexibility index (Phi) is 4.68. The molecule has 5 aliphatic rings. The molecule has 0 aromatic carbocycles. The lowest BCUT2D eigenvalue weighted by molar-refractivity contribution is -0.324. The smallest absolute Gasteiger partial charge is 0.339 e. The van der Waals surface area contributed by atoms with Gasteiger partial charge in [0.25, 0.3) is 0 Å². The van der Waals surface area contributed by atoms with E-state index in [1.807, 2.05) is 6.07 Å². The molecular formula is C30H40O7. The second kappa shape index (κ2) is 6.88. The maximum absolute atomic E-state index is 13.4. The highest BCUT2D eigenvalue weighted by molar-refractivity contribution is 5.86. The summed E-state index contributed by atoms with van der Waals surface area (Å²) in [6.45, 7) is 16.8. The average Bonchev–Trinajstić information content (AvgIpc) is 3.39. The minimum atomic E-state index is -0.875. The van der Waals surface area contributed by atoms with Crippen molar-refractivity contribution >= 4 is 17.7 Å². The van der Waals surface area contributed by atoms with Gasteiger partial charge in [-0.05, 0) is 48.0 Å². The van der Waals surface area contributed by atoms with E-state index in [0.29, 0.717) is 12.8 Å². The first-order valence-corrected chi connectivity index (χ1v) is 13.7. The number of esters is 2. The Balaban J connectivity index is 1.60. The first kappa shape index (κ1) is 25.1. The van der Waals surface area contributed by atoms with Crippen molar-refractivity contribution in [1.29, 1.82) is 0 Å². The van der Waals surface area contributed by atoms with E-state index < -0.39 is 51.0 Å². The minimum Gasteiger partial charge on any atom is -0.472 e. The van der Waals surface area contributed by atoms with Crippen molar-refractivity contribution in [2.75, 3.05) is 0 Å². The second-order valence-electron chi connectivity index (χ2n) is 14.1. The molecule has 1 aromatic rings. The highest BCUT2D eigenvalue weighted by Crippen LogP contribution is 2.86. The van der Waals surface area contributed by atoms with E-state index in [4.69, 9.17) is 18.6 Å². The Hall–Kier alpha value is -2.15. The molecule has 0 radical (unpaired) electrons. The molecule has 3 saturated carbocycles. The van der Waals surface area contributed by atoms with Gasteiger partial charge in [-0.2, -0.15) is 0 Å². The van der Waals surface area contributed by atoms with Crippen LogP contribution >= 0.6 is 0 Å². The van der Waals surface area contributed by atoms with Crippen LogP contribution in [0.5, 0.6) is 0 Å². The van der Waals surface area contributed by atoms with Crippen LogP contribution in [0.3, 0.4) is 0 Å². The molecule has 7 nitrogen and oxygen atoms in total. The Morgan fingerprint density at radius 3 is 2.27 bits per heavy atom. The Morgan fingerprint density at radius 2 is 1.65 bits per heavy atom. The van der Waals surface area contributed by atoms with Gasteiger partial charge in [-0.25, -0.2) is 4.79 Å². The van der Waals surface area contributed by atoms with E-state index in [0.717, 1.165) is 24.8 Å². The Labute approximate surface area is 219 Å². The van der Waals surface area contributed by atoms with E-state index in [9.17, 15) is 14.4 Å². The van der Waals surface area contributed by atoms with Gasteiger partial charge in [0.1, 0.15) is 23.6 Å². The summed E-state index contributed by atoms with van der Waals surface area (Å²) in [7, 11) is 0. The summed E-state index contributed by atoms with van der Waals surface area (Å²) < 4.78 is 24.3. The summed E-state index contributed by atoms with van der Waals surface area (Å²) >= 11 is 0. The fourth-order valence-corrected chi connectivity index (χ4v) is 10.3. The maximum atomic E-state index is 13.4. The van der Waals surface area contributed by atoms with E-state index >= 15 is 0 Å². The number of furan rings is 1. The number of rotatable bonds is 2. The lowest BCUT2D eigenvalue weighted by Crippen LogP contribution is -2.79. The zero-order valence-corrected chi connectivity index (χ0v) is 23.4. The highest BCUT2D eigenvalue weighted by atomic mass is 16.7. The van der Waals surface area contributed by atoms with Crippen LogP contribution in [-0.4, -0.2) is 35.5 Å². The monoisotopic (exact) mass is 512 g/mol. The first-order valence-electron chi connectivity index (χ1n) is 13.7. The molecule has 2 aliphatic heterocycles. The number of fused-ring (bicyclic) bond motifs is 3. The summed E-state index contributed by atoms with van der Waals surface area (Å²) in [4.78, 5) is 39.4. The van der Waals surface area contributed by atoms with E-state index in [-0.39, 0.29) is 23.1 Å². The molecular weight excluding hydrogens is 472 g/mol. The number of Topliss-reactive ketones (excluding diaryl/α,β-unsaturated/α-hetero) is 1. The maximum Gasteiger partial charge on any atom is 0.339 e. The fraction of sp³-hybridized carbons (Fsp3) is 0.767. The summed E-state index contributed by atoms with van der Waals surface area (Å²) in [5, 5.41) is 0. The number of epoxide rings is 1. The van der Waals surface area contributed by atoms with Gasteiger partial charge in [-0.15, -0.1) is 0 Å². The van der Waals surface area contributed by atoms with Crippen molar-refractivity contribution in [1.82, 2.24) is 0 Å². The molecule has 0 N–H and O–H groups in total. The van der Waals surface area contributed by atoms with Crippen LogP contribution in [0.4, 0.5) is 0 Å². The summed E-state index contributed by atoms with van der Waals surface area (Å²) in [5.41, 5.74) is -2.97. The zero-order valence-electron chi connectivity index (χ0n) is 23.4. The van der Waals surface area contributed by atoms with Gasteiger partial charge in [0.2, 0.25) is 0 Å². The topological polar surface area (TPSA) is 95.3 Å². The summed E-state index contributed by atoms with van der Waals surface area (Å²) in [5.74, 6) is -0.457. The molecule has 0 amide bonds. The van der Waals surface area contributed by atoms with Crippen molar-refractivity contribution in [2.24, 2.45) is 32.5 Å². The number of carbonyl (C=O) groups is 3. The Bertz CT molecular complexity index is 1200. The minimum absolute atomic E-state index is 0.262. The average molecular weight is 513 g/mol. The summed E-state index contributed by atoms with van der Waals surface area (Å²) in [6.07, 6.45) is 4.90. The SMILES string of the molecule is CC(=O)O[C@@H]1C[C@@]2(C)C(C)(C)C(=O)CC[C@]2(C)[C@@]2(C)CC[C@@]3(C)[C@H](c4ccoc4)OC(=O)[C@@H]4O[C@@]43[C@]12C. The van der Waals surface area contributed by atoms with Gasteiger partial charge in [0.15, 0.2) is 6.10 Å². The van der Waals surface area contributed by atoms with Gasteiger partial charge in [0.05, 0.1) is 12.5 Å². The van der Waals surface area contributed by atoms with Crippen LogP contribution in [0.2, 0.25) is 0 Å². The molecule has 3 aliphatic carbocycles. The second-order valence-corrected chi connectivity index (χ2v) is 14.1. The van der Waals surface area contributed by atoms with Crippen LogP contribution in [0.15, 0.2) is 23.0 Å². The molecule has 0 bridgehead atoms. The van der Waals surface area contributed by atoms with Gasteiger partial charge < -0.3 is 18.6 Å². The van der Waals surface area contributed by atoms with E-state index in [1.165, 1.54) is 6.92 Å². The predicted octanol–water partition coefficient (Wildman–Crippen LogP) is 5.56. The van der Waals surface area contributed by atoms with Gasteiger partial charge in [0, 0.05) is 35.2 Å². The molecule has 5 fully saturated rings. The normalized spacial score (nSPS) is 51.6. The molecule has 9 atom stereocenters. The molecule has 6 rings (SSSR count). The number of hydrogen-bond acceptors (Lipinski definition) is 7. The predicted molar refractivity (Wildman–Crippen MR) is 133 cm³/mol. The van der Waals surface area contributed by atoms with Crippen LogP contribution in [0.1, 0.15) is 99.2 Å². The van der Waals surface area contributed by atoms with Crippen molar-refractivity contribution in [3.63, 3.8) is 0 Å². The number of ketones is 1. The van der Waals surface area contributed by atoms with Crippen molar-refractivity contribution in [2.45, 2.75) is 111 Å². The van der Waals surface area contributed by atoms with E-state index in [2.05, 4.69) is 48.5 Å². The molecule has 3 heterocycles. The molecule has 1 aromatic heterocycles. The van der Waals surface area contributed by atoms with Crippen LogP contribution in [0, 0.1) is 32.5 Å². The third kappa shape index (κ3) is 2.39. The Morgan fingerprint density at radius 1 is 0.946 bits per heavy atom. The van der Waals surface area contributed by atoms with Crippen molar-refractivity contribution in [3.8, 4) is 0 Å². The number of cyclic esters (lactones) is 1. The lowest BCUT2D eigenvalue weighted by Gasteiger charge is -2.77. The zero-order chi connectivity index (χ0) is 27.0. The number of ether oxygens (including phenoxy) is 3. The third-order valence-electron chi connectivity index (χ3n) is 13.3. The standard InChI is InChI=1S/C30H40O7/c1-17(31)35-20-15-28(7)24(2,3)19(32)9-11-26(28,5)27(6)13-12-25(4)21(18-10-14-34-16-18)36-23(33)22-30(25,37-22)29(20,27)8/h10,14,16,20-22H,9,11-13,15H2,1-8H3/t20-,21+,22+,25+,26-,27-,28+,29-,30+/m1/s1. The van der Waals surface area contributed by atoms with Crippen molar-refractivity contribution < 1.29 is 33.0 Å². The quantitative estimate of drug-likeness (QED) is 0.378. The molecule has 202 valence electrons. The molecule has 2 saturated heterocycles. The van der Waals surface area contributed by atoms with Crippen LogP contribution < -0.4 is 0 Å². The molecule has 1 spiro atoms. The number of hydrogen-bond donors (Lipinski definition) is 0. The van der Waals surface area contributed by atoms with Gasteiger partial charge >= 0.3 is 11.9 Å². The number of carbonyl (C=O) groups excluding carboxylic acids is 3. The van der Waals surface area contributed by atoms with Gasteiger partial charge in [-0.3, -0.25) is 9.59 Å². The van der Waals surface area contributed by atoms with Gasteiger partial charge in [-0.1, -0.05) is 48.5 Å². The molecule has 0 unspecified atom stereocenters. The molecule has 37 heavy (non-hydrogen) atoms. The van der Waals surface area contributed by atoms with Crippen LogP contribution in [0.25, 0.3) is 0 Å².